The third-order valence-corrected chi connectivity index (χ3v) is 2.52. The minimum Gasteiger partial charge on any atom is -0.495 e. The lowest BCUT2D eigenvalue weighted by Crippen LogP contribution is -2.11. The Morgan fingerprint density at radius 3 is 2.47 bits per heavy atom. The molecule has 0 aromatic heterocycles. The number of ketones is 1. The monoisotopic (exact) mass is 255 g/mol. The molecule has 1 N–H and O–H groups in total. The highest BCUT2D eigenvalue weighted by atomic mass is 35.5. The molecule has 1 rings (SSSR count). The van der Waals surface area contributed by atoms with Crippen LogP contribution >= 0.6 is 11.6 Å². The highest BCUT2D eigenvalue weighted by molar-refractivity contribution is 6.32. The number of rotatable bonds is 4. The number of amides is 1. The van der Waals surface area contributed by atoms with Gasteiger partial charge in [-0.25, -0.2) is 0 Å². The lowest BCUT2D eigenvalue weighted by molar-refractivity contribution is -0.116. The van der Waals surface area contributed by atoms with Gasteiger partial charge in [-0.2, -0.15) is 0 Å². The summed E-state index contributed by atoms with van der Waals surface area (Å²) in [4.78, 5) is 22.3. The van der Waals surface area contributed by atoms with Crippen LogP contribution in [0.5, 0.6) is 5.75 Å². The van der Waals surface area contributed by atoms with Gasteiger partial charge in [-0.3, -0.25) is 9.59 Å². The molecule has 0 aliphatic rings. The molecule has 0 atom stereocenters. The van der Waals surface area contributed by atoms with Crippen LogP contribution in [-0.2, 0) is 16.0 Å². The van der Waals surface area contributed by atoms with E-state index in [2.05, 4.69) is 5.32 Å². The van der Waals surface area contributed by atoms with Crippen LogP contribution in [0, 0.1) is 0 Å². The fraction of sp³-hybridized carbons (Fsp3) is 0.333. The standard InChI is InChI=1S/C12H14ClNO3/c1-7(15)6-9-10(13)4-5-11(17-3)12(9)14-8(2)16/h4-5H,6H2,1-3H3,(H,14,16). The van der Waals surface area contributed by atoms with Gasteiger partial charge in [0.05, 0.1) is 12.8 Å². The van der Waals surface area contributed by atoms with Crippen molar-refractivity contribution in [3.8, 4) is 5.75 Å². The van der Waals surface area contributed by atoms with Gasteiger partial charge in [0.1, 0.15) is 11.5 Å². The maximum absolute atomic E-state index is 11.2. The second-order valence-electron chi connectivity index (χ2n) is 3.66. The quantitative estimate of drug-likeness (QED) is 0.899. The molecule has 0 saturated carbocycles. The highest BCUT2D eigenvalue weighted by Crippen LogP contribution is 2.34. The molecular weight excluding hydrogens is 242 g/mol. The van der Waals surface area contributed by atoms with Crippen LogP contribution in [0.2, 0.25) is 5.02 Å². The van der Waals surface area contributed by atoms with E-state index in [1.54, 1.807) is 12.1 Å². The molecule has 0 spiro atoms. The topological polar surface area (TPSA) is 55.4 Å². The first-order valence-corrected chi connectivity index (χ1v) is 5.46. The third kappa shape index (κ3) is 3.46. The maximum atomic E-state index is 11.2. The summed E-state index contributed by atoms with van der Waals surface area (Å²) >= 11 is 6.03. The Bertz CT molecular complexity index is 457. The minimum atomic E-state index is -0.240. The van der Waals surface area contributed by atoms with E-state index in [-0.39, 0.29) is 18.1 Å². The fourth-order valence-corrected chi connectivity index (χ4v) is 1.73. The summed E-state index contributed by atoms with van der Waals surface area (Å²) in [6.07, 6.45) is 0.158. The molecule has 0 unspecified atom stereocenters. The minimum absolute atomic E-state index is 0.0354. The number of hydrogen-bond acceptors (Lipinski definition) is 3. The number of benzene rings is 1. The van der Waals surface area contributed by atoms with Crippen LogP contribution in [0.4, 0.5) is 5.69 Å². The number of Topliss-reactive ketones (excluding diaryl/α,β-unsaturated/α-hetero) is 1. The summed E-state index contributed by atoms with van der Waals surface area (Å²) < 4.78 is 5.14. The van der Waals surface area contributed by atoms with E-state index in [0.29, 0.717) is 22.0 Å². The third-order valence-electron chi connectivity index (χ3n) is 2.16. The number of nitrogens with one attached hydrogen (secondary N) is 1. The van der Waals surface area contributed by atoms with E-state index >= 15 is 0 Å². The van der Waals surface area contributed by atoms with E-state index < -0.39 is 0 Å². The molecule has 0 heterocycles. The Morgan fingerprint density at radius 2 is 2.00 bits per heavy atom. The highest BCUT2D eigenvalue weighted by Gasteiger charge is 2.15. The smallest absolute Gasteiger partial charge is 0.221 e. The molecule has 0 bridgehead atoms. The average molecular weight is 256 g/mol. The lowest BCUT2D eigenvalue weighted by Gasteiger charge is -2.14. The summed E-state index contributed by atoms with van der Waals surface area (Å²) in [6.45, 7) is 2.85. The molecule has 0 aliphatic carbocycles. The van der Waals surface area contributed by atoms with Gasteiger partial charge in [-0.1, -0.05) is 11.6 Å². The second-order valence-corrected chi connectivity index (χ2v) is 4.07. The predicted octanol–water partition coefficient (Wildman–Crippen LogP) is 2.44. The van der Waals surface area contributed by atoms with Gasteiger partial charge in [0.15, 0.2) is 0 Å². The van der Waals surface area contributed by atoms with Gasteiger partial charge < -0.3 is 10.1 Å². The van der Waals surface area contributed by atoms with Crippen LogP contribution in [0.3, 0.4) is 0 Å². The zero-order chi connectivity index (χ0) is 13.0. The molecule has 1 aromatic rings. The van der Waals surface area contributed by atoms with E-state index in [0.717, 1.165) is 0 Å². The predicted molar refractivity (Wildman–Crippen MR) is 66.7 cm³/mol. The van der Waals surface area contributed by atoms with Crippen molar-refractivity contribution in [3.05, 3.63) is 22.7 Å². The van der Waals surface area contributed by atoms with Crippen LogP contribution in [0.1, 0.15) is 19.4 Å². The number of anilines is 1. The Balaban J connectivity index is 3.30. The normalized spacial score (nSPS) is 9.88. The first kappa shape index (κ1) is 13.5. The van der Waals surface area contributed by atoms with E-state index in [1.165, 1.54) is 21.0 Å². The largest absolute Gasteiger partial charge is 0.495 e. The molecule has 0 radical (unpaired) electrons. The molecular formula is C12H14ClNO3. The van der Waals surface area contributed by atoms with Gasteiger partial charge in [0, 0.05) is 23.9 Å². The van der Waals surface area contributed by atoms with Crippen molar-refractivity contribution < 1.29 is 14.3 Å². The zero-order valence-corrected chi connectivity index (χ0v) is 10.7. The molecule has 5 heteroatoms. The molecule has 17 heavy (non-hydrogen) atoms. The number of halogens is 1. The number of hydrogen-bond donors (Lipinski definition) is 1. The Labute approximate surface area is 105 Å². The molecule has 0 aliphatic heterocycles. The Kier molecular flexibility index (Phi) is 4.52. The number of carbonyl (C=O) groups is 2. The van der Waals surface area contributed by atoms with Crippen LogP contribution in [-0.4, -0.2) is 18.8 Å². The van der Waals surface area contributed by atoms with Crippen molar-refractivity contribution >= 4 is 29.0 Å². The zero-order valence-electron chi connectivity index (χ0n) is 9.96. The molecule has 1 aromatic carbocycles. The van der Waals surface area contributed by atoms with Gasteiger partial charge >= 0.3 is 0 Å². The first-order chi connectivity index (χ1) is 7.95. The van der Waals surface area contributed by atoms with E-state index in [1.807, 2.05) is 0 Å². The number of methoxy groups -OCH3 is 1. The molecule has 4 nitrogen and oxygen atoms in total. The van der Waals surface area contributed by atoms with Crippen molar-refractivity contribution in [2.45, 2.75) is 20.3 Å². The van der Waals surface area contributed by atoms with E-state index in [9.17, 15) is 9.59 Å². The van der Waals surface area contributed by atoms with Crippen molar-refractivity contribution in [2.24, 2.45) is 0 Å². The number of carbonyl (C=O) groups excluding carboxylic acids is 2. The van der Waals surface area contributed by atoms with Crippen molar-refractivity contribution in [3.63, 3.8) is 0 Å². The lowest BCUT2D eigenvalue weighted by atomic mass is 10.1. The van der Waals surface area contributed by atoms with E-state index in [4.69, 9.17) is 16.3 Å². The summed E-state index contributed by atoms with van der Waals surface area (Å²) in [5.41, 5.74) is 1.04. The average Bonchev–Trinajstić information content (AvgIpc) is 2.22. The van der Waals surface area contributed by atoms with Crippen LogP contribution in [0.25, 0.3) is 0 Å². The molecule has 1 amide bonds. The molecule has 92 valence electrons. The Hall–Kier alpha value is -1.55. The first-order valence-electron chi connectivity index (χ1n) is 5.08. The number of ether oxygens (including phenoxy) is 1. The summed E-state index contributed by atoms with van der Waals surface area (Å²) in [6, 6.07) is 3.29. The second kappa shape index (κ2) is 5.68. The van der Waals surface area contributed by atoms with Gasteiger partial charge in [-0.15, -0.1) is 0 Å². The van der Waals surface area contributed by atoms with Crippen molar-refractivity contribution in [1.29, 1.82) is 0 Å². The van der Waals surface area contributed by atoms with Crippen LogP contribution in [0.15, 0.2) is 12.1 Å². The van der Waals surface area contributed by atoms with Gasteiger partial charge in [-0.05, 0) is 19.1 Å². The Morgan fingerprint density at radius 1 is 1.35 bits per heavy atom. The van der Waals surface area contributed by atoms with Crippen molar-refractivity contribution in [2.75, 3.05) is 12.4 Å². The maximum Gasteiger partial charge on any atom is 0.221 e. The van der Waals surface area contributed by atoms with Gasteiger partial charge in [0.25, 0.3) is 0 Å². The van der Waals surface area contributed by atoms with Crippen LogP contribution < -0.4 is 10.1 Å². The van der Waals surface area contributed by atoms with Crippen molar-refractivity contribution in [1.82, 2.24) is 0 Å². The summed E-state index contributed by atoms with van der Waals surface area (Å²) in [5, 5.41) is 3.07. The fourth-order valence-electron chi connectivity index (χ4n) is 1.51. The molecule has 0 saturated heterocycles. The SMILES string of the molecule is COc1ccc(Cl)c(CC(C)=O)c1NC(C)=O. The van der Waals surface area contributed by atoms with Gasteiger partial charge in [0.2, 0.25) is 5.91 Å². The summed E-state index contributed by atoms with van der Waals surface area (Å²) in [7, 11) is 1.49. The summed E-state index contributed by atoms with van der Waals surface area (Å²) in [5.74, 6) is 0.211. The molecule has 0 fully saturated rings.